The van der Waals surface area contributed by atoms with Gasteiger partial charge in [0.15, 0.2) is 0 Å². The minimum atomic E-state index is -0.657. The number of hydrogen-bond donors (Lipinski definition) is 4. The summed E-state index contributed by atoms with van der Waals surface area (Å²) in [5, 5.41) is 11.8. The predicted molar refractivity (Wildman–Crippen MR) is 122 cm³/mol. The normalized spacial score (nSPS) is 23.2. The first-order valence-corrected chi connectivity index (χ1v) is 12.1. The van der Waals surface area contributed by atoms with Crippen LogP contribution >= 0.6 is 0 Å². The smallest absolute Gasteiger partial charge is 0.408 e. The predicted octanol–water partition coefficient (Wildman–Crippen LogP) is 2.27. The maximum absolute atomic E-state index is 13.3. The number of carbonyl (C=O) groups excluding carboxylic acids is 3. The summed E-state index contributed by atoms with van der Waals surface area (Å²) in [6.45, 7) is 2.41. The minimum Gasteiger partial charge on any atom is -0.444 e. The van der Waals surface area contributed by atoms with Gasteiger partial charge in [0.2, 0.25) is 11.8 Å². The summed E-state index contributed by atoms with van der Waals surface area (Å²) in [7, 11) is 0. The topological polar surface area (TPSA) is 118 Å². The fourth-order valence-corrected chi connectivity index (χ4v) is 5.47. The summed E-state index contributed by atoms with van der Waals surface area (Å²) >= 11 is 0. The molecule has 4 N–H and O–H groups in total. The molecule has 0 radical (unpaired) electrons. The van der Waals surface area contributed by atoms with Gasteiger partial charge in [-0.15, -0.1) is 0 Å². The number of rotatable bonds is 5. The maximum Gasteiger partial charge on any atom is 0.408 e. The molecule has 1 spiro atoms. The number of carbonyl (C=O) groups is 3. The molecule has 4 aliphatic rings. The molecular weight excluding hydrogens is 424 g/mol. The van der Waals surface area contributed by atoms with Gasteiger partial charge in [-0.2, -0.15) is 0 Å². The summed E-state index contributed by atoms with van der Waals surface area (Å²) in [6, 6.07) is 4.92. The van der Waals surface area contributed by atoms with Crippen molar-refractivity contribution in [3.05, 3.63) is 23.8 Å². The molecule has 1 aliphatic carbocycles. The van der Waals surface area contributed by atoms with Crippen molar-refractivity contribution in [1.29, 1.82) is 0 Å². The van der Waals surface area contributed by atoms with Crippen molar-refractivity contribution in [1.82, 2.24) is 10.6 Å². The Morgan fingerprint density at radius 3 is 2.58 bits per heavy atom. The summed E-state index contributed by atoms with van der Waals surface area (Å²) < 4.78 is 10.9. The average molecular weight is 457 g/mol. The van der Waals surface area contributed by atoms with E-state index in [1.807, 2.05) is 18.2 Å². The third kappa shape index (κ3) is 4.44. The third-order valence-electron chi connectivity index (χ3n) is 7.53. The van der Waals surface area contributed by atoms with E-state index in [9.17, 15) is 14.4 Å². The molecule has 0 bridgehead atoms. The first-order chi connectivity index (χ1) is 16.0. The second kappa shape index (κ2) is 9.30. The molecule has 3 heterocycles. The lowest BCUT2D eigenvalue weighted by Crippen LogP contribution is -2.54. The van der Waals surface area contributed by atoms with Crippen molar-refractivity contribution in [2.75, 3.05) is 36.9 Å². The van der Waals surface area contributed by atoms with Crippen LogP contribution in [0.25, 0.3) is 0 Å². The lowest BCUT2D eigenvalue weighted by molar-refractivity contribution is -0.124. The molecule has 9 heteroatoms. The molecule has 0 aromatic heterocycles. The Kier molecular flexibility index (Phi) is 6.25. The van der Waals surface area contributed by atoms with Crippen molar-refractivity contribution < 1.29 is 23.9 Å². The number of fused-ring (bicyclic) bond motifs is 2. The second-order valence-corrected chi connectivity index (χ2v) is 9.60. The molecule has 5 rings (SSSR count). The monoisotopic (exact) mass is 456 g/mol. The molecule has 1 saturated carbocycles. The number of amides is 3. The molecular formula is C24H32N4O5. The van der Waals surface area contributed by atoms with Crippen molar-refractivity contribution in [3.63, 3.8) is 0 Å². The lowest BCUT2D eigenvalue weighted by Gasteiger charge is -2.32. The Bertz CT molecular complexity index is 919. The highest BCUT2D eigenvalue weighted by Crippen LogP contribution is 2.45. The van der Waals surface area contributed by atoms with Gasteiger partial charge in [0.05, 0.1) is 5.41 Å². The summed E-state index contributed by atoms with van der Waals surface area (Å²) in [6.07, 6.45) is 5.67. The highest BCUT2D eigenvalue weighted by atomic mass is 16.6. The SMILES string of the molecule is O=C(NC(C(=O)Nc1ccc2c(c1)NC(=O)C21CCOCC1)C1CCCCC1)OC1CNC1. The lowest BCUT2D eigenvalue weighted by atomic mass is 9.75. The van der Waals surface area contributed by atoms with E-state index >= 15 is 0 Å². The Morgan fingerprint density at radius 1 is 1.12 bits per heavy atom. The van der Waals surface area contributed by atoms with Crippen LogP contribution in [0.2, 0.25) is 0 Å². The van der Waals surface area contributed by atoms with Gasteiger partial charge in [0, 0.05) is 37.7 Å². The number of nitrogens with one attached hydrogen (secondary N) is 4. The van der Waals surface area contributed by atoms with E-state index in [2.05, 4.69) is 21.3 Å². The zero-order valence-electron chi connectivity index (χ0n) is 18.8. The van der Waals surface area contributed by atoms with Gasteiger partial charge < -0.3 is 30.7 Å². The second-order valence-electron chi connectivity index (χ2n) is 9.60. The van der Waals surface area contributed by atoms with Gasteiger partial charge in [-0.25, -0.2) is 4.79 Å². The summed E-state index contributed by atoms with van der Waals surface area (Å²) in [4.78, 5) is 38.5. The molecule has 9 nitrogen and oxygen atoms in total. The number of benzene rings is 1. The average Bonchev–Trinajstić information content (AvgIpc) is 3.05. The van der Waals surface area contributed by atoms with Crippen LogP contribution in [0, 0.1) is 5.92 Å². The van der Waals surface area contributed by atoms with Crippen LogP contribution in [-0.4, -0.2) is 56.4 Å². The van der Waals surface area contributed by atoms with Crippen LogP contribution in [0.4, 0.5) is 16.2 Å². The van der Waals surface area contributed by atoms with E-state index < -0.39 is 17.6 Å². The molecule has 1 unspecified atom stereocenters. The Hall–Kier alpha value is -2.65. The number of hydrogen-bond acceptors (Lipinski definition) is 6. The highest BCUT2D eigenvalue weighted by Gasteiger charge is 2.47. The van der Waals surface area contributed by atoms with Gasteiger partial charge >= 0.3 is 6.09 Å². The van der Waals surface area contributed by atoms with Crippen molar-refractivity contribution in [3.8, 4) is 0 Å². The number of anilines is 2. The summed E-state index contributed by atoms with van der Waals surface area (Å²) in [5.41, 5.74) is 1.76. The minimum absolute atomic E-state index is 0.000690. The van der Waals surface area contributed by atoms with Gasteiger partial charge in [-0.3, -0.25) is 9.59 Å². The van der Waals surface area contributed by atoms with Crippen LogP contribution in [0.5, 0.6) is 0 Å². The molecule has 3 amide bonds. The van der Waals surface area contributed by atoms with Gasteiger partial charge in [-0.05, 0) is 49.3 Å². The van der Waals surface area contributed by atoms with E-state index in [-0.39, 0.29) is 23.8 Å². The van der Waals surface area contributed by atoms with E-state index in [1.54, 1.807) is 0 Å². The largest absolute Gasteiger partial charge is 0.444 e. The zero-order valence-corrected chi connectivity index (χ0v) is 18.8. The molecule has 3 fully saturated rings. The molecule has 178 valence electrons. The van der Waals surface area contributed by atoms with Crippen molar-refractivity contribution >= 4 is 29.3 Å². The molecule has 2 saturated heterocycles. The van der Waals surface area contributed by atoms with Crippen LogP contribution in [0.15, 0.2) is 18.2 Å². The van der Waals surface area contributed by atoms with E-state index in [1.165, 1.54) is 0 Å². The molecule has 33 heavy (non-hydrogen) atoms. The van der Waals surface area contributed by atoms with Crippen molar-refractivity contribution in [2.45, 2.75) is 62.5 Å². The fraction of sp³-hybridized carbons (Fsp3) is 0.625. The van der Waals surface area contributed by atoms with E-state index in [0.29, 0.717) is 44.8 Å². The van der Waals surface area contributed by atoms with Gasteiger partial charge in [0.25, 0.3) is 0 Å². The Labute approximate surface area is 193 Å². The molecule has 1 aromatic rings. The van der Waals surface area contributed by atoms with Crippen molar-refractivity contribution in [2.24, 2.45) is 5.92 Å². The van der Waals surface area contributed by atoms with Crippen LogP contribution in [0.1, 0.15) is 50.5 Å². The first kappa shape index (κ1) is 22.2. The van der Waals surface area contributed by atoms with Crippen LogP contribution < -0.4 is 21.3 Å². The zero-order chi connectivity index (χ0) is 22.8. The standard InChI is InChI=1S/C24H32N4O5/c29-21(20(15-4-2-1-3-5-15)28-23(31)33-17-13-25-14-17)26-16-6-7-18-19(12-16)27-22(30)24(18)8-10-32-11-9-24/h6-7,12,15,17,20,25H,1-5,8-11,13-14H2,(H,26,29)(H,27,30)(H,28,31). The van der Waals surface area contributed by atoms with Crippen LogP contribution in [-0.2, 0) is 24.5 Å². The summed E-state index contributed by atoms with van der Waals surface area (Å²) in [5.74, 6) is -0.180. The quantitative estimate of drug-likeness (QED) is 0.540. The Morgan fingerprint density at radius 2 is 1.88 bits per heavy atom. The molecule has 1 aromatic carbocycles. The maximum atomic E-state index is 13.3. The molecule has 3 aliphatic heterocycles. The van der Waals surface area contributed by atoms with E-state index in [0.717, 1.165) is 43.4 Å². The third-order valence-corrected chi connectivity index (χ3v) is 7.53. The number of ether oxygens (including phenoxy) is 2. The number of alkyl carbamates (subject to hydrolysis) is 1. The van der Waals surface area contributed by atoms with E-state index in [4.69, 9.17) is 9.47 Å². The van der Waals surface area contributed by atoms with Gasteiger partial charge in [0.1, 0.15) is 12.1 Å². The fourth-order valence-electron chi connectivity index (χ4n) is 5.47. The van der Waals surface area contributed by atoms with Crippen LogP contribution in [0.3, 0.4) is 0 Å². The Balaban J connectivity index is 1.30. The molecule has 1 atom stereocenters. The van der Waals surface area contributed by atoms with Gasteiger partial charge in [-0.1, -0.05) is 25.3 Å². The highest BCUT2D eigenvalue weighted by molar-refractivity contribution is 6.07. The first-order valence-electron chi connectivity index (χ1n) is 12.1.